The van der Waals surface area contributed by atoms with Gasteiger partial charge in [-0.25, -0.2) is 0 Å². The molecule has 0 saturated heterocycles. The SMILES string of the molecule is CSCC(C)C(=O)NCCn1cccc1. The fourth-order valence-corrected chi connectivity index (χ4v) is 1.98. The molecule has 84 valence electrons. The van der Waals surface area contributed by atoms with Crippen molar-refractivity contribution >= 4 is 17.7 Å². The van der Waals surface area contributed by atoms with Gasteiger partial charge in [0.15, 0.2) is 0 Å². The van der Waals surface area contributed by atoms with Crippen molar-refractivity contribution in [3.05, 3.63) is 24.5 Å². The standard InChI is InChI=1S/C11H18N2OS/c1-10(9-15-2)11(14)12-5-8-13-6-3-4-7-13/h3-4,6-7,10H,5,8-9H2,1-2H3,(H,12,14). The van der Waals surface area contributed by atoms with Crippen molar-refractivity contribution in [2.45, 2.75) is 13.5 Å². The highest BCUT2D eigenvalue weighted by Crippen LogP contribution is 2.03. The summed E-state index contributed by atoms with van der Waals surface area (Å²) in [5.41, 5.74) is 0. The molecule has 1 N–H and O–H groups in total. The number of hydrogen-bond acceptors (Lipinski definition) is 2. The summed E-state index contributed by atoms with van der Waals surface area (Å²) in [7, 11) is 0. The van der Waals surface area contributed by atoms with Gasteiger partial charge in [-0.15, -0.1) is 0 Å². The third kappa shape index (κ3) is 4.42. The van der Waals surface area contributed by atoms with E-state index in [1.54, 1.807) is 11.8 Å². The van der Waals surface area contributed by atoms with Gasteiger partial charge < -0.3 is 9.88 Å². The lowest BCUT2D eigenvalue weighted by Gasteiger charge is -2.11. The number of amides is 1. The molecule has 1 atom stereocenters. The van der Waals surface area contributed by atoms with Gasteiger partial charge in [-0.1, -0.05) is 6.92 Å². The van der Waals surface area contributed by atoms with E-state index >= 15 is 0 Å². The molecule has 0 aliphatic carbocycles. The Morgan fingerprint density at radius 2 is 2.13 bits per heavy atom. The van der Waals surface area contributed by atoms with Crippen molar-refractivity contribution in [2.75, 3.05) is 18.6 Å². The number of aromatic nitrogens is 1. The molecule has 1 aromatic heterocycles. The second kappa shape index (κ2) is 6.56. The van der Waals surface area contributed by atoms with E-state index in [1.807, 2.05) is 37.7 Å². The minimum atomic E-state index is 0.102. The van der Waals surface area contributed by atoms with Gasteiger partial charge in [-0.3, -0.25) is 4.79 Å². The molecule has 1 heterocycles. The molecule has 0 radical (unpaired) electrons. The fourth-order valence-electron chi connectivity index (χ4n) is 1.33. The van der Waals surface area contributed by atoms with Crippen LogP contribution in [0.1, 0.15) is 6.92 Å². The Morgan fingerprint density at radius 1 is 1.47 bits per heavy atom. The van der Waals surface area contributed by atoms with Crippen LogP contribution in [0, 0.1) is 5.92 Å². The molecule has 0 aliphatic heterocycles. The predicted molar refractivity (Wildman–Crippen MR) is 65.0 cm³/mol. The van der Waals surface area contributed by atoms with Crippen LogP contribution in [0.2, 0.25) is 0 Å². The maximum absolute atomic E-state index is 11.5. The number of thioether (sulfide) groups is 1. The number of carbonyl (C=O) groups excluding carboxylic acids is 1. The second-order valence-electron chi connectivity index (χ2n) is 3.57. The van der Waals surface area contributed by atoms with Crippen LogP contribution in [0.25, 0.3) is 0 Å². The molecule has 1 amide bonds. The van der Waals surface area contributed by atoms with Crippen molar-refractivity contribution in [1.29, 1.82) is 0 Å². The van der Waals surface area contributed by atoms with Gasteiger partial charge >= 0.3 is 0 Å². The lowest BCUT2D eigenvalue weighted by atomic mass is 10.2. The summed E-state index contributed by atoms with van der Waals surface area (Å²) in [6.45, 7) is 3.50. The summed E-state index contributed by atoms with van der Waals surface area (Å²) in [5.74, 6) is 1.14. The van der Waals surface area contributed by atoms with Crippen LogP contribution in [0.15, 0.2) is 24.5 Å². The average molecular weight is 226 g/mol. The lowest BCUT2D eigenvalue weighted by molar-refractivity contribution is -0.123. The molecule has 1 aromatic rings. The fraction of sp³-hybridized carbons (Fsp3) is 0.545. The molecule has 0 saturated carbocycles. The Morgan fingerprint density at radius 3 is 2.73 bits per heavy atom. The molecular weight excluding hydrogens is 208 g/mol. The quantitative estimate of drug-likeness (QED) is 0.799. The minimum Gasteiger partial charge on any atom is -0.354 e. The Labute approximate surface area is 95.2 Å². The lowest BCUT2D eigenvalue weighted by Crippen LogP contribution is -2.32. The van der Waals surface area contributed by atoms with Crippen molar-refractivity contribution < 1.29 is 4.79 Å². The molecule has 0 fully saturated rings. The summed E-state index contributed by atoms with van der Waals surface area (Å²) in [6, 6.07) is 3.97. The maximum atomic E-state index is 11.5. The van der Waals surface area contributed by atoms with Crippen LogP contribution >= 0.6 is 11.8 Å². The van der Waals surface area contributed by atoms with Crippen molar-refractivity contribution in [2.24, 2.45) is 5.92 Å². The van der Waals surface area contributed by atoms with E-state index in [0.29, 0.717) is 6.54 Å². The highest BCUT2D eigenvalue weighted by molar-refractivity contribution is 7.98. The Balaban J connectivity index is 2.17. The van der Waals surface area contributed by atoms with Crippen LogP contribution in [-0.4, -0.2) is 29.0 Å². The highest BCUT2D eigenvalue weighted by Gasteiger charge is 2.10. The number of nitrogens with zero attached hydrogens (tertiary/aromatic N) is 1. The van der Waals surface area contributed by atoms with E-state index < -0.39 is 0 Å². The topological polar surface area (TPSA) is 34.0 Å². The highest BCUT2D eigenvalue weighted by atomic mass is 32.2. The van der Waals surface area contributed by atoms with Crippen LogP contribution in [0.4, 0.5) is 0 Å². The number of rotatable bonds is 6. The van der Waals surface area contributed by atoms with E-state index in [4.69, 9.17) is 0 Å². The minimum absolute atomic E-state index is 0.102. The summed E-state index contributed by atoms with van der Waals surface area (Å²) in [6.07, 6.45) is 6.01. The van der Waals surface area contributed by atoms with Crippen molar-refractivity contribution in [1.82, 2.24) is 9.88 Å². The van der Waals surface area contributed by atoms with Crippen molar-refractivity contribution in [3.8, 4) is 0 Å². The molecule has 0 bridgehead atoms. The zero-order valence-corrected chi connectivity index (χ0v) is 10.1. The van der Waals surface area contributed by atoms with Gasteiger partial charge in [0.05, 0.1) is 0 Å². The van der Waals surface area contributed by atoms with E-state index in [2.05, 4.69) is 9.88 Å². The van der Waals surface area contributed by atoms with Crippen LogP contribution in [0.5, 0.6) is 0 Å². The van der Waals surface area contributed by atoms with Gasteiger partial charge in [0.1, 0.15) is 0 Å². The summed E-state index contributed by atoms with van der Waals surface area (Å²) in [5, 5.41) is 2.93. The summed E-state index contributed by atoms with van der Waals surface area (Å²) >= 11 is 1.70. The van der Waals surface area contributed by atoms with E-state index in [1.165, 1.54) is 0 Å². The van der Waals surface area contributed by atoms with Gasteiger partial charge in [-0.05, 0) is 18.4 Å². The van der Waals surface area contributed by atoms with E-state index in [-0.39, 0.29) is 11.8 Å². The first-order chi connectivity index (χ1) is 7.24. The third-order valence-corrected chi connectivity index (χ3v) is 3.03. The molecule has 3 nitrogen and oxygen atoms in total. The van der Waals surface area contributed by atoms with Crippen LogP contribution in [0.3, 0.4) is 0 Å². The molecule has 15 heavy (non-hydrogen) atoms. The van der Waals surface area contributed by atoms with E-state index in [0.717, 1.165) is 12.3 Å². The van der Waals surface area contributed by atoms with Crippen LogP contribution in [-0.2, 0) is 11.3 Å². The summed E-state index contributed by atoms with van der Waals surface area (Å²) in [4.78, 5) is 11.5. The average Bonchev–Trinajstić information content (AvgIpc) is 2.71. The van der Waals surface area contributed by atoms with Crippen LogP contribution < -0.4 is 5.32 Å². The largest absolute Gasteiger partial charge is 0.354 e. The first kappa shape index (κ1) is 12.2. The monoisotopic (exact) mass is 226 g/mol. The molecule has 0 aromatic carbocycles. The van der Waals surface area contributed by atoms with Gasteiger partial charge in [0, 0.05) is 37.2 Å². The molecule has 4 heteroatoms. The smallest absolute Gasteiger partial charge is 0.223 e. The van der Waals surface area contributed by atoms with Crippen molar-refractivity contribution in [3.63, 3.8) is 0 Å². The Hall–Kier alpha value is -0.900. The zero-order chi connectivity index (χ0) is 11.1. The molecule has 1 rings (SSSR count). The number of carbonyl (C=O) groups is 1. The molecule has 0 aliphatic rings. The first-order valence-corrected chi connectivity index (χ1v) is 6.51. The van der Waals surface area contributed by atoms with Gasteiger partial charge in [0.25, 0.3) is 0 Å². The number of hydrogen-bond donors (Lipinski definition) is 1. The summed E-state index contributed by atoms with van der Waals surface area (Å²) < 4.78 is 2.06. The number of nitrogens with one attached hydrogen (secondary N) is 1. The van der Waals surface area contributed by atoms with Gasteiger partial charge in [-0.2, -0.15) is 11.8 Å². The first-order valence-electron chi connectivity index (χ1n) is 5.11. The maximum Gasteiger partial charge on any atom is 0.223 e. The normalized spacial score (nSPS) is 12.4. The molecular formula is C11H18N2OS. The second-order valence-corrected chi connectivity index (χ2v) is 4.48. The Bertz CT molecular complexity index is 285. The predicted octanol–water partition coefficient (Wildman–Crippen LogP) is 1.60. The van der Waals surface area contributed by atoms with Gasteiger partial charge in [0.2, 0.25) is 5.91 Å². The molecule has 0 spiro atoms. The Kier molecular flexibility index (Phi) is 5.32. The third-order valence-electron chi connectivity index (χ3n) is 2.20. The zero-order valence-electron chi connectivity index (χ0n) is 9.27. The molecule has 1 unspecified atom stereocenters. The van der Waals surface area contributed by atoms with E-state index in [9.17, 15) is 4.79 Å².